The molecule has 1 rings (SSSR count). The van der Waals surface area contributed by atoms with Crippen LogP contribution in [0.15, 0.2) is 16.8 Å². The molecule has 0 aromatic rings. The fourth-order valence-corrected chi connectivity index (χ4v) is 2.25. The van der Waals surface area contributed by atoms with Crippen LogP contribution >= 0.6 is 0 Å². The second-order valence-corrected chi connectivity index (χ2v) is 5.02. The van der Waals surface area contributed by atoms with Gasteiger partial charge < -0.3 is 25.0 Å². The molecular formula is C13H20N4O6. The lowest BCUT2D eigenvalue weighted by molar-refractivity contribution is -0.137. The van der Waals surface area contributed by atoms with Crippen LogP contribution in [0.1, 0.15) is 13.3 Å². The number of azide groups is 1. The Kier molecular flexibility index (Phi) is 7.49. The number of hydrogen-bond donors (Lipinski definition) is 3. The molecule has 0 spiro atoms. The van der Waals surface area contributed by atoms with Gasteiger partial charge in [0.1, 0.15) is 6.10 Å². The largest absolute Gasteiger partial charge is 0.466 e. The fraction of sp³-hybridized carbons (Fsp3) is 0.692. The molecule has 0 radical (unpaired) electrons. The highest BCUT2D eigenvalue weighted by Crippen LogP contribution is 2.25. The SMILES string of the molecule is COC(=O)C1=C[C@H](N=[N+]=[N-])[C@@H](NC(C)=O)[C@H](OCC(O)CO)C1. The molecule has 10 heteroatoms. The van der Waals surface area contributed by atoms with Gasteiger partial charge in [-0.15, -0.1) is 0 Å². The molecule has 23 heavy (non-hydrogen) atoms. The Morgan fingerprint density at radius 2 is 2.30 bits per heavy atom. The summed E-state index contributed by atoms with van der Waals surface area (Å²) in [5.74, 6) is -0.958. The van der Waals surface area contributed by atoms with Gasteiger partial charge in [-0.3, -0.25) is 4.79 Å². The van der Waals surface area contributed by atoms with Gasteiger partial charge in [0.05, 0.1) is 38.5 Å². The van der Waals surface area contributed by atoms with E-state index in [1.807, 2.05) is 0 Å². The molecule has 0 aliphatic heterocycles. The van der Waals surface area contributed by atoms with Crippen LogP contribution in [-0.2, 0) is 19.1 Å². The van der Waals surface area contributed by atoms with Gasteiger partial charge >= 0.3 is 5.97 Å². The number of amides is 1. The van der Waals surface area contributed by atoms with Gasteiger partial charge in [0.25, 0.3) is 0 Å². The van der Waals surface area contributed by atoms with Crippen molar-refractivity contribution in [3.63, 3.8) is 0 Å². The molecule has 1 unspecified atom stereocenters. The zero-order valence-electron chi connectivity index (χ0n) is 12.9. The van der Waals surface area contributed by atoms with Crippen molar-refractivity contribution < 1.29 is 29.3 Å². The van der Waals surface area contributed by atoms with Gasteiger partial charge in [0, 0.05) is 23.8 Å². The lowest BCUT2D eigenvalue weighted by Crippen LogP contribution is -2.53. The van der Waals surface area contributed by atoms with E-state index in [1.165, 1.54) is 20.1 Å². The van der Waals surface area contributed by atoms with Crippen molar-refractivity contribution in [1.82, 2.24) is 5.32 Å². The number of carbonyl (C=O) groups excluding carboxylic acids is 2. The quantitative estimate of drug-likeness (QED) is 0.246. The molecule has 0 saturated carbocycles. The Bertz CT molecular complexity index is 517. The molecule has 4 atom stereocenters. The van der Waals surface area contributed by atoms with E-state index in [2.05, 4.69) is 20.1 Å². The Balaban J connectivity index is 3.05. The van der Waals surface area contributed by atoms with Crippen molar-refractivity contribution in [3.05, 3.63) is 22.1 Å². The second-order valence-electron chi connectivity index (χ2n) is 5.02. The van der Waals surface area contributed by atoms with E-state index in [0.717, 1.165) is 0 Å². The van der Waals surface area contributed by atoms with Crippen molar-refractivity contribution in [2.75, 3.05) is 20.3 Å². The van der Waals surface area contributed by atoms with Gasteiger partial charge in [0.2, 0.25) is 5.91 Å². The third-order valence-corrected chi connectivity index (χ3v) is 3.28. The Labute approximate surface area is 132 Å². The number of ether oxygens (including phenoxy) is 2. The minimum atomic E-state index is -1.10. The molecule has 10 nitrogen and oxygen atoms in total. The van der Waals surface area contributed by atoms with E-state index in [9.17, 15) is 14.7 Å². The molecule has 0 bridgehead atoms. The highest BCUT2D eigenvalue weighted by molar-refractivity contribution is 5.89. The van der Waals surface area contributed by atoms with Crippen LogP contribution in [0.4, 0.5) is 0 Å². The summed E-state index contributed by atoms with van der Waals surface area (Å²) in [5.41, 5.74) is 8.93. The van der Waals surface area contributed by atoms with Gasteiger partial charge in [-0.1, -0.05) is 11.2 Å². The zero-order valence-corrected chi connectivity index (χ0v) is 12.9. The number of carbonyl (C=O) groups is 2. The Morgan fingerprint density at radius 1 is 1.61 bits per heavy atom. The molecule has 1 aliphatic carbocycles. The number of nitrogens with zero attached hydrogens (tertiary/aromatic N) is 3. The van der Waals surface area contributed by atoms with E-state index in [-0.39, 0.29) is 24.5 Å². The van der Waals surface area contributed by atoms with Crippen molar-refractivity contribution in [1.29, 1.82) is 0 Å². The third-order valence-electron chi connectivity index (χ3n) is 3.28. The van der Waals surface area contributed by atoms with Crippen LogP contribution in [0.5, 0.6) is 0 Å². The van der Waals surface area contributed by atoms with Crippen LogP contribution in [-0.4, -0.2) is 66.7 Å². The number of aliphatic hydroxyl groups excluding tert-OH is 2. The minimum Gasteiger partial charge on any atom is -0.466 e. The lowest BCUT2D eigenvalue weighted by Gasteiger charge is -2.35. The number of esters is 1. The Hall–Kier alpha value is -2.13. The third kappa shape index (κ3) is 5.53. The van der Waals surface area contributed by atoms with Gasteiger partial charge in [-0.2, -0.15) is 0 Å². The smallest absolute Gasteiger partial charge is 0.333 e. The standard InChI is InChI=1S/C13H20N4O6/c1-7(19)15-12-10(16-17-14)3-8(13(21)22-2)4-11(12)23-6-9(20)5-18/h3,9-12,18,20H,4-6H2,1-2H3,(H,15,19)/t9?,10-,11+,12+/m0/s1. The summed E-state index contributed by atoms with van der Waals surface area (Å²) >= 11 is 0. The Morgan fingerprint density at radius 3 is 2.83 bits per heavy atom. The molecule has 0 saturated heterocycles. The number of rotatable bonds is 7. The van der Waals surface area contributed by atoms with Gasteiger partial charge in [0.15, 0.2) is 0 Å². The van der Waals surface area contributed by atoms with Crippen molar-refractivity contribution in [2.24, 2.45) is 5.11 Å². The van der Waals surface area contributed by atoms with Crippen LogP contribution in [0.25, 0.3) is 10.4 Å². The van der Waals surface area contributed by atoms with Crippen LogP contribution in [0.3, 0.4) is 0 Å². The predicted molar refractivity (Wildman–Crippen MR) is 78.1 cm³/mol. The van der Waals surface area contributed by atoms with E-state index in [4.69, 9.17) is 15.4 Å². The number of aliphatic hydroxyl groups is 2. The first-order chi connectivity index (χ1) is 10.9. The minimum absolute atomic E-state index is 0.104. The molecule has 128 valence electrons. The summed E-state index contributed by atoms with van der Waals surface area (Å²) in [6.45, 7) is 0.609. The molecule has 1 amide bonds. The van der Waals surface area contributed by atoms with E-state index >= 15 is 0 Å². The van der Waals surface area contributed by atoms with Crippen LogP contribution < -0.4 is 5.32 Å². The summed E-state index contributed by atoms with van der Waals surface area (Å²) in [5, 5.41) is 24.4. The van der Waals surface area contributed by atoms with E-state index in [1.54, 1.807) is 0 Å². The number of nitrogens with one attached hydrogen (secondary N) is 1. The maximum Gasteiger partial charge on any atom is 0.333 e. The molecule has 0 fully saturated rings. The topological polar surface area (TPSA) is 154 Å². The van der Waals surface area contributed by atoms with Crippen molar-refractivity contribution in [2.45, 2.75) is 37.6 Å². The average Bonchev–Trinajstić information content (AvgIpc) is 2.53. The van der Waals surface area contributed by atoms with Crippen LogP contribution in [0.2, 0.25) is 0 Å². The van der Waals surface area contributed by atoms with Crippen LogP contribution in [0, 0.1) is 0 Å². The molecular weight excluding hydrogens is 308 g/mol. The molecule has 3 N–H and O–H groups in total. The van der Waals surface area contributed by atoms with E-state index < -0.39 is 36.9 Å². The second kappa shape index (κ2) is 9.11. The maximum atomic E-state index is 11.7. The highest BCUT2D eigenvalue weighted by atomic mass is 16.5. The fourth-order valence-electron chi connectivity index (χ4n) is 2.25. The number of methoxy groups -OCH3 is 1. The first-order valence-electron chi connectivity index (χ1n) is 6.93. The van der Waals surface area contributed by atoms with Crippen molar-refractivity contribution in [3.8, 4) is 0 Å². The average molecular weight is 328 g/mol. The van der Waals surface area contributed by atoms with E-state index in [0.29, 0.717) is 0 Å². The summed E-state index contributed by atoms with van der Waals surface area (Å²) in [6, 6.07) is -1.55. The first kappa shape index (κ1) is 18.9. The highest BCUT2D eigenvalue weighted by Gasteiger charge is 2.36. The lowest BCUT2D eigenvalue weighted by atomic mass is 9.88. The summed E-state index contributed by atoms with van der Waals surface area (Å²) < 4.78 is 10.1. The normalized spacial score (nSPS) is 24.9. The maximum absolute atomic E-state index is 11.7. The van der Waals surface area contributed by atoms with Gasteiger partial charge in [-0.25, -0.2) is 4.79 Å². The molecule has 0 heterocycles. The summed E-state index contributed by atoms with van der Waals surface area (Å²) in [4.78, 5) is 25.8. The zero-order chi connectivity index (χ0) is 17.4. The first-order valence-corrected chi connectivity index (χ1v) is 6.93. The van der Waals surface area contributed by atoms with Crippen molar-refractivity contribution >= 4 is 11.9 Å². The summed E-state index contributed by atoms with van der Waals surface area (Å²) in [7, 11) is 1.22. The molecule has 1 aliphatic rings. The molecule has 0 aromatic heterocycles. The monoisotopic (exact) mass is 328 g/mol. The summed E-state index contributed by atoms with van der Waals surface area (Å²) in [6.07, 6.45) is -0.296. The van der Waals surface area contributed by atoms with Gasteiger partial charge in [-0.05, 0) is 5.53 Å². The molecule has 0 aromatic carbocycles. The number of hydrogen-bond acceptors (Lipinski definition) is 7. The predicted octanol–water partition coefficient (Wildman–Crippen LogP) is -0.589.